The number of rotatable bonds is 4. The molecule has 0 aromatic carbocycles. The molecule has 0 radical (unpaired) electrons. The van der Waals surface area contributed by atoms with E-state index in [4.69, 9.17) is 0 Å². The third-order valence-corrected chi connectivity index (χ3v) is 3.27. The summed E-state index contributed by atoms with van der Waals surface area (Å²) >= 11 is 2.91. The summed E-state index contributed by atoms with van der Waals surface area (Å²) in [6, 6.07) is 0. The minimum Gasteiger partial charge on any atom is -0.330 e. The van der Waals surface area contributed by atoms with Crippen molar-refractivity contribution in [1.82, 2.24) is 9.96 Å². The summed E-state index contributed by atoms with van der Waals surface area (Å²) in [5.41, 5.74) is 0. The largest absolute Gasteiger partial charge is 0.335 e. The van der Waals surface area contributed by atoms with Crippen molar-refractivity contribution in [3.63, 3.8) is 0 Å². The van der Waals surface area contributed by atoms with Gasteiger partial charge < -0.3 is 4.84 Å². The van der Waals surface area contributed by atoms with Gasteiger partial charge in [-0.2, -0.15) is 0 Å². The molecule has 0 aliphatic carbocycles. The molecule has 106 valence electrons. The van der Waals surface area contributed by atoms with Crippen molar-refractivity contribution in [2.45, 2.75) is 19.3 Å². The van der Waals surface area contributed by atoms with Crippen molar-refractivity contribution in [3.05, 3.63) is 10.6 Å². The lowest BCUT2D eigenvalue weighted by atomic mass is 10.4. The predicted molar refractivity (Wildman–Crippen MR) is 65.5 cm³/mol. The molecule has 20 heavy (non-hydrogen) atoms. The van der Waals surface area contributed by atoms with Crippen LogP contribution >= 0.6 is 15.9 Å². The molecule has 0 spiro atoms. The zero-order valence-electron chi connectivity index (χ0n) is 10.1. The molecule has 1 saturated heterocycles. The molecule has 2 aliphatic rings. The van der Waals surface area contributed by atoms with Crippen molar-refractivity contribution >= 4 is 45.5 Å². The zero-order chi connectivity index (χ0) is 14.9. The molecule has 2 heterocycles. The average molecular weight is 345 g/mol. The van der Waals surface area contributed by atoms with Crippen LogP contribution < -0.4 is 0 Å². The topological polar surface area (TPSA) is 101 Å². The fraction of sp³-hybridized carbons (Fsp3) is 0.364. The van der Waals surface area contributed by atoms with E-state index in [1.54, 1.807) is 0 Å². The van der Waals surface area contributed by atoms with Gasteiger partial charge in [-0.25, -0.2) is 4.79 Å². The van der Waals surface area contributed by atoms with E-state index in [1.807, 2.05) is 0 Å². The average Bonchev–Trinajstić information content (AvgIpc) is 2.82. The lowest BCUT2D eigenvalue weighted by Gasteiger charge is -2.15. The van der Waals surface area contributed by atoms with Gasteiger partial charge in [0, 0.05) is 25.5 Å². The molecular formula is C11H9BrN2O6. The van der Waals surface area contributed by atoms with Crippen LogP contribution in [-0.4, -0.2) is 46.1 Å². The number of carbonyl (C=O) groups is 5. The first-order valence-corrected chi connectivity index (χ1v) is 6.49. The van der Waals surface area contributed by atoms with E-state index in [2.05, 4.69) is 20.8 Å². The van der Waals surface area contributed by atoms with Crippen molar-refractivity contribution in [2.75, 3.05) is 6.54 Å². The maximum absolute atomic E-state index is 11.5. The molecule has 2 aliphatic heterocycles. The van der Waals surface area contributed by atoms with E-state index in [0.717, 1.165) is 11.0 Å². The molecule has 2 rings (SSSR count). The van der Waals surface area contributed by atoms with Crippen LogP contribution in [0.3, 0.4) is 0 Å². The van der Waals surface area contributed by atoms with Crippen LogP contribution in [0.25, 0.3) is 0 Å². The number of hydroxylamine groups is 2. The first kappa shape index (κ1) is 14.4. The molecule has 0 bridgehead atoms. The van der Waals surface area contributed by atoms with Crippen molar-refractivity contribution in [2.24, 2.45) is 0 Å². The number of nitrogens with zero attached hydrogens (tertiary/aromatic N) is 2. The number of hydrogen-bond donors (Lipinski definition) is 0. The maximum Gasteiger partial charge on any atom is 0.335 e. The first-order valence-electron chi connectivity index (χ1n) is 5.69. The monoisotopic (exact) mass is 344 g/mol. The van der Waals surface area contributed by atoms with Gasteiger partial charge in [0.05, 0.1) is 10.9 Å². The molecule has 0 unspecified atom stereocenters. The Morgan fingerprint density at radius 1 is 1.20 bits per heavy atom. The van der Waals surface area contributed by atoms with Crippen molar-refractivity contribution in [3.8, 4) is 0 Å². The minimum absolute atomic E-state index is 0.00603. The highest BCUT2D eigenvalue weighted by molar-refractivity contribution is 9.12. The molecule has 0 saturated carbocycles. The van der Waals surface area contributed by atoms with E-state index in [-0.39, 0.29) is 30.3 Å². The predicted octanol–water partition coefficient (Wildman–Crippen LogP) is -0.369. The summed E-state index contributed by atoms with van der Waals surface area (Å²) in [4.78, 5) is 62.3. The minimum atomic E-state index is -0.864. The van der Waals surface area contributed by atoms with Crippen LogP contribution in [0.15, 0.2) is 10.6 Å². The fourth-order valence-electron chi connectivity index (χ4n) is 1.70. The van der Waals surface area contributed by atoms with Gasteiger partial charge in [-0.05, 0) is 15.9 Å². The standard InChI is InChI=1S/C11H9BrN2O6/c12-6-5-9(17)13(11(6)19)4-3-10(18)20-14-7(15)1-2-8(14)16/h5H,1-4H2. The number of carbonyl (C=O) groups excluding carboxylic acids is 5. The summed E-state index contributed by atoms with van der Waals surface area (Å²) in [5.74, 6) is -3.11. The SMILES string of the molecule is O=C(CCN1C(=O)C=C(Br)C1=O)ON1C(=O)CCC1=O. The van der Waals surface area contributed by atoms with Crippen LogP contribution in [-0.2, 0) is 28.8 Å². The second-order valence-corrected chi connectivity index (χ2v) is 4.94. The van der Waals surface area contributed by atoms with Gasteiger partial charge in [0.25, 0.3) is 23.6 Å². The van der Waals surface area contributed by atoms with Gasteiger partial charge in [-0.3, -0.25) is 24.1 Å². The van der Waals surface area contributed by atoms with E-state index in [0.29, 0.717) is 5.06 Å². The summed E-state index contributed by atoms with van der Waals surface area (Å²) in [5, 5.41) is 0.421. The number of hydrogen-bond acceptors (Lipinski definition) is 6. The van der Waals surface area contributed by atoms with Gasteiger partial charge in [-0.1, -0.05) is 0 Å². The third-order valence-electron chi connectivity index (χ3n) is 2.70. The Morgan fingerprint density at radius 3 is 2.30 bits per heavy atom. The van der Waals surface area contributed by atoms with Crippen molar-refractivity contribution < 1.29 is 28.8 Å². The maximum atomic E-state index is 11.5. The normalized spacial score (nSPS) is 18.9. The third kappa shape index (κ3) is 2.77. The quantitative estimate of drug-likeness (QED) is 0.645. The summed E-state index contributed by atoms with van der Waals surface area (Å²) in [7, 11) is 0. The van der Waals surface area contributed by atoms with Crippen LogP contribution in [0.4, 0.5) is 0 Å². The Morgan fingerprint density at radius 2 is 1.80 bits per heavy atom. The molecule has 1 fully saturated rings. The lowest BCUT2D eigenvalue weighted by Crippen LogP contribution is -2.36. The highest BCUT2D eigenvalue weighted by Gasteiger charge is 2.34. The highest BCUT2D eigenvalue weighted by Crippen LogP contribution is 2.18. The number of imide groups is 2. The van der Waals surface area contributed by atoms with Gasteiger partial charge >= 0.3 is 5.97 Å². The van der Waals surface area contributed by atoms with Gasteiger partial charge in [0.1, 0.15) is 0 Å². The Bertz CT molecular complexity index is 539. The van der Waals surface area contributed by atoms with Crippen molar-refractivity contribution in [1.29, 1.82) is 0 Å². The molecule has 0 aromatic heterocycles. The Hall–Kier alpha value is -2.03. The lowest BCUT2D eigenvalue weighted by molar-refractivity contribution is -0.197. The van der Waals surface area contributed by atoms with E-state index >= 15 is 0 Å². The molecule has 0 atom stereocenters. The summed E-state index contributed by atoms with van der Waals surface area (Å²) in [6.45, 7) is -0.182. The van der Waals surface area contributed by atoms with Crippen LogP contribution in [0.2, 0.25) is 0 Å². The van der Waals surface area contributed by atoms with E-state index in [1.165, 1.54) is 0 Å². The van der Waals surface area contributed by atoms with Crippen LogP contribution in [0.1, 0.15) is 19.3 Å². The Labute approximate surface area is 121 Å². The molecule has 0 N–H and O–H groups in total. The highest BCUT2D eigenvalue weighted by atomic mass is 79.9. The van der Waals surface area contributed by atoms with Gasteiger partial charge in [0.15, 0.2) is 0 Å². The molecular weight excluding hydrogens is 336 g/mol. The molecule has 9 heteroatoms. The molecule has 8 nitrogen and oxygen atoms in total. The summed E-state index contributed by atoms with van der Waals surface area (Å²) < 4.78 is 0.112. The van der Waals surface area contributed by atoms with Gasteiger partial charge in [-0.15, -0.1) is 5.06 Å². The summed E-state index contributed by atoms with van der Waals surface area (Å²) in [6.07, 6.45) is 0.808. The first-order chi connectivity index (χ1) is 9.40. The van der Waals surface area contributed by atoms with Gasteiger partial charge in [0.2, 0.25) is 0 Å². The molecule has 4 amide bonds. The fourth-order valence-corrected chi connectivity index (χ4v) is 2.11. The number of amides is 4. The van der Waals surface area contributed by atoms with Crippen LogP contribution in [0, 0.1) is 0 Å². The smallest absolute Gasteiger partial charge is 0.330 e. The Balaban J connectivity index is 1.84. The van der Waals surface area contributed by atoms with E-state index in [9.17, 15) is 24.0 Å². The second-order valence-electron chi connectivity index (χ2n) is 4.08. The second kappa shape index (κ2) is 5.53. The number of halogens is 1. The zero-order valence-corrected chi connectivity index (χ0v) is 11.7. The Kier molecular flexibility index (Phi) is 3.98. The molecule has 0 aromatic rings. The van der Waals surface area contributed by atoms with Crippen LogP contribution in [0.5, 0.6) is 0 Å². The van der Waals surface area contributed by atoms with E-state index < -0.39 is 29.6 Å².